The van der Waals surface area contributed by atoms with Crippen LogP contribution in [0.25, 0.3) is 0 Å². The molecule has 2 N–H and O–H groups in total. The largest absolute Gasteiger partial charge is 0.328 e. The SMILES string of the molecule is N[C@@H]1C(=O)N(Cc2ccc(F)cc2)[C@@H]1c1cccc(Cl)c1. The van der Waals surface area contributed by atoms with E-state index in [2.05, 4.69) is 0 Å². The average molecular weight is 305 g/mol. The van der Waals surface area contributed by atoms with Gasteiger partial charge in [0.05, 0.1) is 6.04 Å². The molecule has 0 radical (unpaired) electrons. The highest BCUT2D eigenvalue weighted by Gasteiger charge is 2.45. The molecule has 1 aliphatic rings. The lowest BCUT2D eigenvalue weighted by molar-refractivity contribution is -0.150. The lowest BCUT2D eigenvalue weighted by Gasteiger charge is -2.45. The molecule has 0 unspecified atom stereocenters. The number of amides is 1. The van der Waals surface area contributed by atoms with Gasteiger partial charge < -0.3 is 10.6 Å². The lowest BCUT2D eigenvalue weighted by Crippen LogP contribution is -2.62. The molecule has 3 rings (SSSR count). The number of hydrogen-bond donors (Lipinski definition) is 1. The molecule has 0 aliphatic carbocycles. The summed E-state index contributed by atoms with van der Waals surface area (Å²) in [5.41, 5.74) is 7.70. The topological polar surface area (TPSA) is 46.3 Å². The van der Waals surface area contributed by atoms with E-state index in [1.165, 1.54) is 12.1 Å². The second kappa shape index (κ2) is 5.47. The number of carbonyl (C=O) groups excluding carboxylic acids is 1. The molecule has 2 atom stereocenters. The minimum Gasteiger partial charge on any atom is -0.328 e. The van der Waals surface area contributed by atoms with E-state index < -0.39 is 6.04 Å². The third kappa shape index (κ3) is 2.64. The number of nitrogens with two attached hydrogens (primary N) is 1. The Labute approximate surface area is 127 Å². The summed E-state index contributed by atoms with van der Waals surface area (Å²) in [5, 5.41) is 0.612. The third-order valence-electron chi connectivity index (χ3n) is 3.70. The molecular formula is C16H14ClFN2O. The molecule has 0 saturated carbocycles. The van der Waals surface area contributed by atoms with Gasteiger partial charge in [0.15, 0.2) is 0 Å². The number of rotatable bonds is 3. The van der Waals surface area contributed by atoms with Gasteiger partial charge in [-0.25, -0.2) is 4.39 Å². The lowest BCUT2D eigenvalue weighted by atomic mass is 9.88. The van der Waals surface area contributed by atoms with Crippen molar-refractivity contribution in [3.63, 3.8) is 0 Å². The highest BCUT2D eigenvalue weighted by atomic mass is 35.5. The first kappa shape index (κ1) is 14.0. The van der Waals surface area contributed by atoms with Crippen LogP contribution in [0.4, 0.5) is 4.39 Å². The quantitative estimate of drug-likeness (QED) is 0.886. The molecule has 21 heavy (non-hydrogen) atoms. The summed E-state index contributed by atoms with van der Waals surface area (Å²) < 4.78 is 12.9. The molecule has 1 heterocycles. The van der Waals surface area contributed by atoms with E-state index in [1.54, 1.807) is 23.1 Å². The normalized spacial score (nSPS) is 21.3. The molecule has 1 saturated heterocycles. The summed E-state index contributed by atoms with van der Waals surface area (Å²) in [6.45, 7) is 0.407. The summed E-state index contributed by atoms with van der Waals surface area (Å²) >= 11 is 5.99. The van der Waals surface area contributed by atoms with Crippen molar-refractivity contribution in [1.82, 2.24) is 4.90 Å². The molecule has 0 spiro atoms. The van der Waals surface area contributed by atoms with Gasteiger partial charge in [-0.2, -0.15) is 0 Å². The molecule has 2 aromatic rings. The van der Waals surface area contributed by atoms with Gasteiger partial charge in [-0.15, -0.1) is 0 Å². The summed E-state index contributed by atoms with van der Waals surface area (Å²) in [5.74, 6) is -0.402. The number of benzene rings is 2. The van der Waals surface area contributed by atoms with E-state index in [9.17, 15) is 9.18 Å². The van der Waals surface area contributed by atoms with Crippen molar-refractivity contribution in [2.75, 3.05) is 0 Å². The van der Waals surface area contributed by atoms with Crippen LogP contribution in [0.1, 0.15) is 17.2 Å². The van der Waals surface area contributed by atoms with Gasteiger partial charge in [0, 0.05) is 11.6 Å². The number of hydrogen-bond acceptors (Lipinski definition) is 2. The zero-order valence-corrected chi connectivity index (χ0v) is 11.9. The first-order valence-electron chi connectivity index (χ1n) is 6.62. The predicted molar refractivity (Wildman–Crippen MR) is 79.1 cm³/mol. The molecule has 1 amide bonds. The summed E-state index contributed by atoms with van der Waals surface area (Å²) in [7, 11) is 0. The van der Waals surface area contributed by atoms with E-state index in [0.29, 0.717) is 11.6 Å². The highest BCUT2D eigenvalue weighted by Crippen LogP contribution is 2.35. The first-order chi connectivity index (χ1) is 10.1. The van der Waals surface area contributed by atoms with Crippen LogP contribution in [0.15, 0.2) is 48.5 Å². The fourth-order valence-corrected chi connectivity index (χ4v) is 2.81. The van der Waals surface area contributed by atoms with Gasteiger partial charge >= 0.3 is 0 Å². The molecule has 2 aromatic carbocycles. The Morgan fingerprint density at radius 3 is 2.57 bits per heavy atom. The van der Waals surface area contributed by atoms with Crippen molar-refractivity contribution in [2.24, 2.45) is 5.73 Å². The Bertz CT molecular complexity index is 674. The van der Waals surface area contributed by atoms with Crippen LogP contribution in [0, 0.1) is 5.82 Å². The number of likely N-dealkylation sites (tertiary alicyclic amines) is 1. The molecule has 1 fully saturated rings. The Kier molecular flexibility index (Phi) is 3.66. The van der Waals surface area contributed by atoms with Crippen LogP contribution >= 0.6 is 11.6 Å². The van der Waals surface area contributed by atoms with Gasteiger partial charge in [0.1, 0.15) is 11.9 Å². The Hall–Kier alpha value is -1.91. The smallest absolute Gasteiger partial charge is 0.242 e. The highest BCUT2D eigenvalue weighted by molar-refractivity contribution is 6.30. The van der Waals surface area contributed by atoms with Gasteiger partial charge in [-0.3, -0.25) is 4.79 Å². The zero-order chi connectivity index (χ0) is 15.0. The molecular weight excluding hydrogens is 291 g/mol. The number of halogens is 2. The van der Waals surface area contributed by atoms with Gasteiger partial charge in [-0.1, -0.05) is 35.9 Å². The van der Waals surface area contributed by atoms with E-state index in [-0.39, 0.29) is 17.8 Å². The van der Waals surface area contributed by atoms with E-state index in [4.69, 9.17) is 17.3 Å². The number of nitrogens with zero attached hydrogens (tertiary/aromatic N) is 1. The maximum absolute atomic E-state index is 12.9. The van der Waals surface area contributed by atoms with Crippen molar-refractivity contribution in [3.8, 4) is 0 Å². The molecule has 0 bridgehead atoms. The van der Waals surface area contributed by atoms with Crippen LogP contribution in [0.3, 0.4) is 0 Å². The summed E-state index contributed by atoms with van der Waals surface area (Å²) in [6.07, 6.45) is 0. The maximum atomic E-state index is 12.9. The third-order valence-corrected chi connectivity index (χ3v) is 3.94. The monoisotopic (exact) mass is 304 g/mol. The minimum atomic E-state index is -0.552. The van der Waals surface area contributed by atoms with Gasteiger partial charge in [0.2, 0.25) is 5.91 Å². The van der Waals surface area contributed by atoms with Gasteiger partial charge in [0.25, 0.3) is 0 Å². The first-order valence-corrected chi connectivity index (χ1v) is 7.00. The van der Waals surface area contributed by atoms with Crippen molar-refractivity contribution in [2.45, 2.75) is 18.6 Å². The second-order valence-electron chi connectivity index (χ2n) is 5.12. The van der Waals surface area contributed by atoms with Crippen LogP contribution in [0.2, 0.25) is 5.02 Å². The van der Waals surface area contributed by atoms with E-state index in [0.717, 1.165) is 11.1 Å². The molecule has 3 nitrogen and oxygen atoms in total. The zero-order valence-electron chi connectivity index (χ0n) is 11.2. The Balaban J connectivity index is 1.83. The molecule has 108 valence electrons. The minimum absolute atomic E-state index is 0.107. The standard InChI is InChI=1S/C16H14ClFN2O/c17-12-3-1-2-11(8-12)15-14(19)16(21)20(15)9-10-4-6-13(18)7-5-10/h1-8,14-15H,9,19H2/t14-,15+/m0/s1. The van der Waals surface area contributed by atoms with Crippen LogP contribution < -0.4 is 5.73 Å². The molecule has 0 aromatic heterocycles. The predicted octanol–water partition coefficient (Wildman–Crippen LogP) is 2.89. The summed E-state index contributed by atoms with van der Waals surface area (Å²) in [6, 6.07) is 12.7. The van der Waals surface area contributed by atoms with Gasteiger partial charge in [-0.05, 0) is 35.4 Å². The summed E-state index contributed by atoms with van der Waals surface area (Å²) in [4.78, 5) is 13.7. The second-order valence-corrected chi connectivity index (χ2v) is 5.55. The van der Waals surface area contributed by atoms with Crippen molar-refractivity contribution < 1.29 is 9.18 Å². The Morgan fingerprint density at radius 1 is 1.19 bits per heavy atom. The Morgan fingerprint density at radius 2 is 1.90 bits per heavy atom. The average Bonchev–Trinajstić information content (AvgIpc) is 2.48. The van der Waals surface area contributed by atoms with E-state index in [1.807, 2.05) is 18.2 Å². The van der Waals surface area contributed by atoms with Crippen molar-refractivity contribution in [1.29, 1.82) is 0 Å². The van der Waals surface area contributed by atoms with Crippen LogP contribution in [0.5, 0.6) is 0 Å². The molecule has 1 aliphatic heterocycles. The van der Waals surface area contributed by atoms with Crippen LogP contribution in [-0.2, 0) is 11.3 Å². The van der Waals surface area contributed by atoms with Crippen molar-refractivity contribution in [3.05, 3.63) is 70.5 Å². The maximum Gasteiger partial charge on any atom is 0.242 e. The number of carbonyl (C=O) groups is 1. The fraction of sp³-hybridized carbons (Fsp3) is 0.188. The van der Waals surface area contributed by atoms with Crippen molar-refractivity contribution >= 4 is 17.5 Å². The van der Waals surface area contributed by atoms with Crippen LogP contribution in [-0.4, -0.2) is 16.8 Å². The molecule has 5 heteroatoms. The van der Waals surface area contributed by atoms with E-state index >= 15 is 0 Å². The fourth-order valence-electron chi connectivity index (χ4n) is 2.62. The number of β-lactam (4-membered cyclic amide) rings is 1.